The monoisotopic (exact) mass is 216 g/mol. The molecule has 0 aromatic carbocycles. The maximum absolute atomic E-state index is 5.80. The van der Waals surface area contributed by atoms with Crippen molar-refractivity contribution in [3.63, 3.8) is 0 Å². The van der Waals surface area contributed by atoms with Crippen LogP contribution in [0, 0.1) is 0 Å². The van der Waals surface area contributed by atoms with Crippen LogP contribution in [-0.2, 0) is 7.05 Å². The summed E-state index contributed by atoms with van der Waals surface area (Å²) in [7, 11) is 1.95. The number of aryl methyl sites for hydroxylation is 1. The minimum Gasteiger partial charge on any atom is -0.397 e. The largest absolute Gasteiger partial charge is 0.397 e. The first-order valence-electron chi connectivity index (χ1n) is 5.84. The maximum Gasteiger partial charge on any atom is 0.157 e. The molecule has 2 heterocycles. The van der Waals surface area contributed by atoms with Crippen molar-refractivity contribution in [1.82, 2.24) is 14.8 Å². The number of aromatic nitrogens is 3. The van der Waals surface area contributed by atoms with Crippen LogP contribution in [0.4, 0.5) is 5.69 Å². The predicted octanol–water partition coefficient (Wildman–Crippen LogP) is 2.21. The molecule has 0 radical (unpaired) electrons. The first kappa shape index (κ1) is 9.63. The molecule has 1 aliphatic carbocycles. The Kier molecular flexibility index (Phi) is 2.09. The predicted molar refractivity (Wildman–Crippen MR) is 64.1 cm³/mol. The van der Waals surface area contributed by atoms with Gasteiger partial charge in [0.1, 0.15) is 0 Å². The van der Waals surface area contributed by atoms with Gasteiger partial charge in [-0.1, -0.05) is 12.8 Å². The second kappa shape index (κ2) is 3.47. The van der Waals surface area contributed by atoms with Crippen molar-refractivity contribution < 1.29 is 0 Å². The molecule has 0 spiro atoms. The molecule has 0 bridgehead atoms. The molecule has 0 unspecified atom stereocenters. The van der Waals surface area contributed by atoms with Crippen LogP contribution < -0.4 is 5.73 Å². The molecule has 0 aliphatic heterocycles. The molecule has 0 atom stereocenters. The lowest BCUT2D eigenvalue weighted by atomic mass is 10.0. The standard InChI is InChI=1S/C12H16N4/c1-16-12-10(6-9(13)7-14-12)11(15-16)8-4-2-3-5-8/h6-8H,2-5,13H2,1H3. The summed E-state index contributed by atoms with van der Waals surface area (Å²) < 4.78 is 1.86. The van der Waals surface area contributed by atoms with Gasteiger partial charge in [-0.2, -0.15) is 5.10 Å². The number of anilines is 1. The van der Waals surface area contributed by atoms with E-state index in [9.17, 15) is 0 Å². The summed E-state index contributed by atoms with van der Waals surface area (Å²) in [4.78, 5) is 4.35. The first-order valence-corrected chi connectivity index (χ1v) is 5.84. The molecule has 4 heteroatoms. The molecule has 2 aromatic rings. The summed E-state index contributed by atoms with van der Waals surface area (Å²) in [5.41, 5.74) is 8.65. The van der Waals surface area contributed by atoms with Crippen LogP contribution in [0.15, 0.2) is 12.3 Å². The quantitative estimate of drug-likeness (QED) is 0.795. The van der Waals surface area contributed by atoms with Crippen LogP contribution in [-0.4, -0.2) is 14.8 Å². The number of hydrogen-bond acceptors (Lipinski definition) is 3. The number of hydrogen-bond donors (Lipinski definition) is 1. The average Bonchev–Trinajstić information content (AvgIpc) is 2.86. The van der Waals surface area contributed by atoms with Crippen LogP contribution in [0.5, 0.6) is 0 Å². The van der Waals surface area contributed by atoms with E-state index in [1.54, 1.807) is 6.20 Å². The van der Waals surface area contributed by atoms with Gasteiger partial charge in [0.15, 0.2) is 5.65 Å². The molecule has 1 aliphatic rings. The van der Waals surface area contributed by atoms with Gasteiger partial charge in [-0.05, 0) is 18.9 Å². The Balaban J connectivity index is 2.19. The zero-order valence-electron chi connectivity index (χ0n) is 9.48. The summed E-state index contributed by atoms with van der Waals surface area (Å²) in [6, 6.07) is 2.00. The lowest BCUT2D eigenvalue weighted by Gasteiger charge is -2.04. The fraction of sp³-hybridized carbons (Fsp3) is 0.500. The minimum absolute atomic E-state index is 0.604. The summed E-state index contributed by atoms with van der Waals surface area (Å²) in [5.74, 6) is 0.604. The SMILES string of the molecule is Cn1nc(C2CCCC2)c2cc(N)cnc21. The molecule has 2 aromatic heterocycles. The molecule has 16 heavy (non-hydrogen) atoms. The van der Waals surface area contributed by atoms with Crippen molar-refractivity contribution in [2.75, 3.05) is 5.73 Å². The third kappa shape index (κ3) is 1.37. The van der Waals surface area contributed by atoms with Gasteiger partial charge in [-0.3, -0.25) is 4.68 Å². The van der Waals surface area contributed by atoms with E-state index in [-0.39, 0.29) is 0 Å². The van der Waals surface area contributed by atoms with Crippen molar-refractivity contribution >= 4 is 16.7 Å². The summed E-state index contributed by atoms with van der Waals surface area (Å²) in [5, 5.41) is 5.75. The number of nitrogens with two attached hydrogens (primary N) is 1. The van der Waals surface area contributed by atoms with Gasteiger partial charge in [0.25, 0.3) is 0 Å². The Morgan fingerprint density at radius 2 is 2.12 bits per heavy atom. The van der Waals surface area contributed by atoms with E-state index in [4.69, 9.17) is 5.73 Å². The minimum atomic E-state index is 0.604. The van der Waals surface area contributed by atoms with E-state index in [1.807, 2.05) is 17.8 Å². The Morgan fingerprint density at radius 3 is 2.88 bits per heavy atom. The second-order valence-electron chi connectivity index (χ2n) is 4.63. The highest BCUT2D eigenvalue weighted by Gasteiger charge is 2.23. The van der Waals surface area contributed by atoms with Gasteiger partial charge in [-0.15, -0.1) is 0 Å². The van der Waals surface area contributed by atoms with Gasteiger partial charge in [0, 0.05) is 18.4 Å². The van der Waals surface area contributed by atoms with E-state index in [1.165, 1.54) is 31.4 Å². The maximum atomic E-state index is 5.80. The van der Waals surface area contributed by atoms with Crippen LogP contribution in [0.2, 0.25) is 0 Å². The zero-order chi connectivity index (χ0) is 11.1. The summed E-state index contributed by atoms with van der Waals surface area (Å²) >= 11 is 0. The van der Waals surface area contributed by atoms with E-state index in [0.29, 0.717) is 5.92 Å². The van der Waals surface area contributed by atoms with E-state index in [2.05, 4.69) is 10.1 Å². The van der Waals surface area contributed by atoms with Crippen molar-refractivity contribution in [2.24, 2.45) is 7.05 Å². The Labute approximate surface area is 94.5 Å². The highest BCUT2D eigenvalue weighted by molar-refractivity contribution is 5.81. The van der Waals surface area contributed by atoms with Crippen molar-refractivity contribution in [3.8, 4) is 0 Å². The van der Waals surface area contributed by atoms with Crippen LogP contribution >= 0.6 is 0 Å². The van der Waals surface area contributed by atoms with Crippen LogP contribution in [0.25, 0.3) is 11.0 Å². The lowest BCUT2D eigenvalue weighted by Crippen LogP contribution is -1.96. The molecular formula is C12H16N4. The number of nitrogen functional groups attached to an aromatic ring is 1. The highest BCUT2D eigenvalue weighted by atomic mass is 15.3. The number of rotatable bonds is 1. The summed E-state index contributed by atoms with van der Waals surface area (Å²) in [6.07, 6.45) is 6.83. The Bertz CT molecular complexity index is 523. The van der Waals surface area contributed by atoms with Crippen LogP contribution in [0.3, 0.4) is 0 Å². The number of fused-ring (bicyclic) bond motifs is 1. The molecule has 0 amide bonds. The van der Waals surface area contributed by atoms with E-state index < -0.39 is 0 Å². The smallest absolute Gasteiger partial charge is 0.157 e. The Morgan fingerprint density at radius 1 is 1.38 bits per heavy atom. The van der Waals surface area contributed by atoms with Gasteiger partial charge in [0.05, 0.1) is 17.6 Å². The molecular weight excluding hydrogens is 200 g/mol. The normalized spacial score (nSPS) is 17.3. The molecule has 2 N–H and O–H groups in total. The first-order chi connectivity index (χ1) is 7.75. The number of pyridine rings is 1. The van der Waals surface area contributed by atoms with Crippen molar-refractivity contribution in [1.29, 1.82) is 0 Å². The van der Waals surface area contributed by atoms with Gasteiger partial charge < -0.3 is 5.73 Å². The third-order valence-corrected chi connectivity index (χ3v) is 3.47. The molecule has 0 saturated heterocycles. The van der Waals surface area contributed by atoms with Gasteiger partial charge in [0.2, 0.25) is 0 Å². The molecule has 1 saturated carbocycles. The van der Waals surface area contributed by atoms with Gasteiger partial charge in [-0.25, -0.2) is 4.98 Å². The fourth-order valence-electron chi connectivity index (χ4n) is 2.68. The molecule has 1 fully saturated rings. The van der Waals surface area contributed by atoms with E-state index >= 15 is 0 Å². The summed E-state index contributed by atoms with van der Waals surface area (Å²) in [6.45, 7) is 0. The van der Waals surface area contributed by atoms with E-state index in [0.717, 1.165) is 16.7 Å². The van der Waals surface area contributed by atoms with Crippen LogP contribution in [0.1, 0.15) is 37.3 Å². The zero-order valence-corrected chi connectivity index (χ0v) is 9.48. The molecule has 4 nitrogen and oxygen atoms in total. The third-order valence-electron chi connectivity index (χ3n) is 3.47. The molecule has 84 valence electrons. The number of nitrogens with zero attached hydrogens (tertiary/aromatic N) is 3. The molecule has 3 rings (SSSR count). The topological polar surface area (TPSA) is 56.7 Å². The Hall–Kier alpha value is -1.58. The second-order valence-corrected chi connectivity index (χ2v) is 4.63. The average molecular weight is 216 g/mol. The van der Waals surface area contributed by atoms with Crippen molar-refractivity contribution in [3.05, 3.63) is 18.0 Å². The fourth-order valence-corrected chi connectivity index (χ4v) is 2.68. The highest BCUT2D eigenvalue weighted by Crippen LogP contribution is 2.36. The lowest BCUT2D eigenvalue weighted by molar-refractivity contribution is 0.664. The van der Waals surface area contributed by atoms with Gasteiger partial charge >= 0.3 is 0 Å². The van der Waals surface area contributed by atoms with Crippen molar-refractivity contribution in [2.45, 2.75) is 31.6 Å².